The van der Waals surface area contributed by atoms with Crippen LogP contribution in [0.3, 0.4) is 0 Å². The van der Waals surface area contributed by atoms with E-state index >= 15 is 0 Å². The average Bonchev–Trinajstić information content (AvgIpc) is 3.50. The van der Waals surface area contributed by atoms with Gasteiger partial charge in [0.2, 0.25) is 17.7 Å². The zero-order chi connectivity index (χ0) is 16.8. The molecule has 0 amide bonds. The van der Waals surface area contributed by atoms with Gasteiger partial charge in [-0.1, -0.05) is 5.16 Å². The van der Waals surface area contributed by atoms with Crippen molar-refractivity contribution >= 4 is 0 Å². The molecule has 8 nitrogen and oxygen atoms in total. The highest BCUT2D eigenvalue weighted by Gasteiger charge is 2.32. The van der Waals surface area contributed by atoms with Gasteiger partial charge in [0, 0.05) is 31.0 Å². The summed E-state index contributed by atoms with van der Waals surface area (Å²) in [5.41, 5.74) is 0. The monoisotopic (exact) mass is 344 g/mol. The number of hydrogen-bond donors (Lipinski definition) is 0. The van der Waals surface area contributed by atoms with Gasteiger partial charge in [-0.25, -0.2) is 0 Å². The van der Waals surface area contributed by atoms with Crippen LogP contribution in [0.5, 0.6) is 0 Å². The topological polar surface area (TPSA) is 84.3 Å². The lowest BCUT2D eigenvalue weighted by Gasteiger charge is -2.22. The number of likely N-dealkylation sites (N-methyl/N-ethyl adjacent to an activating group) is 1. The lowest BCUT2D eigenvalue weighted by molar-refractivity contribution is 0.209. The van der Waals surface area contributed by atoms with Crippen molar-refractivity contribution in [3.8, 4) is 0 Å². The molecule has 2 aromatic heterocycles. The van der Waals surface area contributed by atoms with Crippen LogP contribution in [0.4, 0.5) is 0 Å². The van der Waals surface area contributed by atoms with Crippen molar-refractivity contribution in [2.24, 2.45) is 0 Å². The van der Waals surface area contributed by atoms with Gasteiger partial charge in [-0.2, -0.15) is 4.98 Å². The number of nitrogens with zero attached hydrogens (tertiary/aromatic N) is 6. The predicted molar refractivity (Wildman–Crippen MR) is 87.7 cm³/mol. The average molecular weight is 344 g/mol. The molecule has 5 rings (SSSR count). The second-order valence-corrected chi connectivity index (χ2v) is 7.72. The third kappa shape index (κ3) is 3.46. The van der Waals surface area contributed by atoms with E-state index in [-0.39, 0.29) is 0 Å². The molecule has 0 N–H and O–H groups in total. The number of aromatic nitrogens is 4. The van der Waals surface area contributed by atoms with Crippen LogP contribution in [-0.2, 0) is 13.1 Å². The second kappa shape index (κ2) is 6.17. The van der Waals surface area contributed by atoms with E-state index in [0.717, 1.165) is 56.1 Å². The largest absolute Gasteiger partial charge is 0.424 e. The van der Waals surface area contributed by atoms with E-state index in [2.05, 4.69) is 37.2 Å². The Labute approximate surface area is 146 Å². The van der Waals surface area contributed by atoms with Gasteiger partial charge in [0.15, 0.2) is 5.82 Å². The molecular formula is C17H24N6O2. The molecule has 1 saturated heterocycles. The van der Waals surface area contributed by atoms with Crippen molar-refractivity contribution < 1.29 is 8.94 Å². The molecule has 3 fully saturated rings. The van der Waals surface area contributed by atoms with E-state index in [4.69, 9.17) is 8.94 Å². The molecule has 3 heterocycles. The first kappa shape index (κ1) is 15.5. The Morgan fingerprint density at radius 3 is 2.68 bits per heavy atom. The number of likely N-dealkylation sites (tertiary alicyclic amines) is 1. The quantitative estimate of drug-likeness (QED) is 0.753. The highest BCUT2D eigenvalue weighted by atomic mass is 16.5. The minimum absolute atomic E-state index is 0.494. The summed E-state index contributed by atoms with van der Waals surface area (Å²) >= 11 is 0. The van der Waals surface area contributed by atoms with E-state index < -0.39 is 0 Å². The zero-order valence-electron chi connectivity index (χ0n) is 14.6. The molecule has 2 aliphatic carbocycles. The van der Waals surface area contributed by atoms with Crippen LogP contribution in [-0.4, -0.2) is 56.3 Å². The van der Waals surface area contributed by atoms with Gasteiger partial charge in [-0.05, 0) is 39.2 Å². The van der Waals surface area contributed by atoms with Gasteiger partial charge >= 0.3 is 0 Å². The first-order valence-corrected chi connectivity index (χ1v) is 9.32. The summed E-state index contributed by atoms with van der Waals surface area (Å²) < 4.78 is 11.1. The summed E-state index contributed by atoms with van der Waals surface area (Å²) in [4.78, 5) is 9.24. The molecule has 1 atom stereocenters. The van der Waals surface area contributed by atoms with Crippen molar-refractivity contribution in [1.29, 1.82) is 0 Å². The van der Waals surface area contributed by atoms with Crippen LogP contribution in [0, 0.1) is 0 Å². The third-order valence-corrected chi connectivity index (χ3v) is 5.44. The summed E-state index contributed by atoms with van der Waals surface area (Å²) in [6.45, 7) is 3.54. The minimum atomic E-state index is 0.494. The maximum Gasteiger partial charge on any atom is 0.230 e. The van der Waals surface area contributed by atoms with E-state index in [1.165, 1.54) is 25.7 Å². The van der Waals surface area contributed by atoms with E-state index in [9.17, 15) is 0 Å². The molecular weight excluding hydrogens is 320 g/mol. The van der Waals surface area contributed by atoms with Crippen molar-refractivity contribution in [1.82, 2.24) is 30.1 Å². The van der Waals surface area contributed by atoms with Crippen LogP contribution in [0.15, 0.2) is 8.94 Å². The van der Waals surface area contributed by atoms with E-state index in [0.29, 0.717) is 17.9 Å². The van der Waals surface area contributed by atoms with Crippen molar-refractivity contribution in [2.45, 2.75) is 63.1 Å². The fourth-order valence-corrected chi connectivity index (χ4v) is 3.51. The fraction of sp³-hybridized carbons (Fsp3) is 0.765. The van der Waals surface area contributed by atoms with Crippen molar-refractivity contribution in [2.75, 3.05) is 20.1 Å². The normalized spacial score (nSPS) is 24.5. The summed E-state index contributed by atoms with van der Waals surface area (Å²) in [7, 11) is 2.14. The molecule has 2 aromatic rings. The molecule has 0 bridgehead atoms. The smallest absolute Gasteiger partial charge is 0.230 e. The summed E-state index contributed by atoms with van der Waals surface area (Å²) in [5.74, 6) is 4.23. The Morgan fingerprint density at radius 2 is 1.88 bits per heavy atom. The van der Waals surface area contributed by atoms with Gasteiger partial charge in [-0.3, -0.25) is 9.80 Å². The van der Waals surface area contributed by atoms with Crippen LogP contribution < -0.4 is 0 Å². The minimum Gasteiger partial charge on any atom is -0.424 e. The third-order valence-electron chi connectivity index (χ3n) is 5.44. The van der Waals surface area contributed by atoms with Crippen LogP contribution in [0.25, 0.3) is 0 Å². The Hall–Kier alpha value is -1.80. The number of hydrogen-bond acceptors (Lipinski definition) is 8. The lowest BCUT2D eigenvalue weighted by atomic mass is 10.2. The molecule has 0 aromatic carbocycles. The Bertz CT molecular complexity index is 735. The highest BCUT2D eigenvalue weighted by Crippen LogP contribution is 2.39. The van der Waals surface area contributed by atoms with Crippen LogP contribution in [0.1, 0.15) is 67.4 Å². The lowest BCUT2D eigenvalue weighted by Crippen LogP contribution is -2.34. The fourth-order valence-electron chi connectivity index (χ4n) is 3.51. The zero-order valence-corrected chi connectivity index (χ0v) is 14.6. The van der Waals surface area contributed by atoms with Crippen molar-refractivity contribution in [3.63, 3.8) is 0 Å². The Balaban J connectivity index is 1.13. The molecule has 1 aliphatic heterocycles. The summed E-state index contributed by atoms with van der Waals surface area (Å²) in [6, 6.07) is 0.494. The van der Waals surface area contributed by atoms with Gasteiger partial charge in [0.05, 0.1) is 13.1 Å². The van der Waals surface area contributed by atoms with Crippen LogP contribution >= 0.6 is 0 Å². The highest BCUT2D eigenvalue weighted by molar-refractivity contribution is 5.02. The summed E-state index contributed by atoms with van der Waals surface area (Å²) in [6.07, 6.45) is 5.89. The maximum atomic E-state index is 5.78. The van der Waals surface area contributed by atoms with Crippen LogP contribution in [0.2, 0.25) is 0 Å². The molecule has 0 unspecified atom stereocenters. The van der Waals surface area contributed by atoms with Gasteiger partial charge in [-0.15, -0.1) is 10.2 Å². The summed E-state index contributed by atoms with van der Waals surface area (Å²) in [5, 5.41) is 12.5. The SMILES string of the molecule is CN(Cc1noc(C2CC2)n1)[C@H]1CCN(Cc2nnc(C3CC3)o2)C1. The first-order chi connectivity index (χ1) is 12.2. The second-order valence-electron chi connectivity index (χ2n) is 7.72. The molecule has 3 aliphatic rings. The van der Waals surface area contributed by atoms with Gasteiger partial charge in [0.25, 0.3) is 0 Å². The number of rotatable bonds is 7. The van der Waals surface area contributed by atoms with E-state index in [1.807, 2.05) is 0 Å². The Morgan fingerprint density at radius 1 is 1.08 bits per heavy atom. The molecule has 134 valence electrons. The molecule has 8 heteroatoms. The molecule has 2 saturated carbocycles. The molecule has 0 spiro atoms. The van der Waals surface area contributed by atoms with Crippen molar-refractivity contribution in [3.05, 3.63) is 23.5 Å². The maximum absolute atomic E-state index is 5.78. The van der Waals surface area contributed by atoms with Gasteiger partial charge < -0.3 is 8.94 Å². The standard InChI is InChI=1S/C17H24N6O2/c1-22(9-14-18-16(25-21-14)11-2-3-11)13-6-7-23(8-13)10-15-19-20-17(24-15)12-4-5-12/h11-13H,2-10H2,1H3/t13-/m0/s1. The molecule has 25 heavy (non-hydrogen) atoms. The first-order valence-electron chi connectivity index (χ1n) is 9.32. The van der Waals surface area contributed by atoms with E-state index in [1.54, 1.807) is 0 Å². The predicted octanol–water partition coefficient (Wildman–Crippen LogP) is 1.91. The van der Waals surface area contributed by atoms with Gasteiger partial charge in [0.1, 0.15) is 0 Å². The Kier molecular flexibility index (Phi) is 3.82. The molecule has 0 radical (unpaired) electrons.